The molecule has 1 aromatic rings. The second kappa shape index (κ2) is 7.66. The van der Waals surface area contributed by atoms with Crippen LogP contribution in [0, 0.1) is 0 Å². The summed E-state index contributed by atoms with van der Waals surface area (Å²) in [5.74, 6) is 0. The lowest BCUT2D eigenvalue weighted by molar-refractivity contribution is 0.579. The first-order valence-electron chi connectivity index (χ1n) is 5.33. The minimum absolute atomic E-state index is 0. The Bertz CT molecular complexity index is 418. The predicted octanol–water partition coefficient (Wildman–Crippen LogP) is 1.17. The van der Waals surface area contributed by atoms with Crippen molar-refractivity contribution in [3.63, 3.8) is 0 Å². The van der Waals surface area contributed by atoms with Gasteiger partial charge in [-0.1, -0.05) is 19.1 Å². The average molecular weight is 279 g/mol. The zero-order valence-electron chi connectivity index (χ0n) is 10.1. The van der Waals surface area contributed by atoms with Gasteiger partial charge in [0.25, 0.3) is 0 Å². The van der Waals surface area contributed by atoms with Gasteiger partial charge in [0.15, 0.2) is 0 Å². The van der Waals surface area contributed by atoms with Crippen LogP contribution in [0.1, 0.15) is 12.5 Å². The molecule has 0 unspecified atom stereocenters. The fourth-order valence-electron chi connectivity index (χ4n) is 1.30. The van der Waals surface area contributed by atoms with E-state index in [9.17, 15) is 8.42 Å². The summed E-state index contributed by atoms with van der Waals surface area (Å²) < 4.78 is 26.1. The molecule has 0 aliphatic rings. The Labute approximate surface area is 109 Å². The molecule has 0 spiro atoms. The quantitative estimate of drug-likeness (QED) is 0.768. The van der Waals surface area contributed by atoms with Gasteiger partial charge in [-0.2, -0.15) is 0 Å². The third-order valence-electron chi connectivity index (χ3n) is 2.31. The number of halogens is 1. The van der Waals surface area contributed by atoms with Crippen LogP contribution in [0.25, 0.3) is 0 Å². The molecule has 0 aliphatic heterocycles. The molecule has 0 amide bonds. The molecule has 0 radical (unpaired) electrons. The van der Waals surface area contributed by atoms with Crippen molar-refractivity contribution in [2.24, 2.45) is 0 Å². The maximum absolute atomic E-state index is 11.8. The van der Waals surface area contributed by atoms with Gasteiger partial charge in [-0.3, -0.25) is 0 Å². The van der Waals surface area contributed by atoms with E-state index in [2.05, 4.69) is 10.0 Å². The third kappa shape index (κ3) is 5.04. The van der Waals surface area contributed by atoms with Gasteiger partial charge in [-0.05, 0) is 31.2 Å². The van der Waals surface area contributed by atoms with Crippen LogP contribution >= 0.6 is 12.4 Å². The van der Waals surface area contributed by atoms with Crippen molar-refractivity contribution in [2.75, 3.05) is 20.1 Å². The zero-order valence-corrected chi connectivity index (χ0v) is 11.7. The maximum atomic E-state index is 11.8. The molecule has 98 valence electrons. The first-order chi connectivity index (χ1) is 7.60. The first-order valence-corrected chi connectivity index (χ1v) is 6.81. The highest BCUT2D eigenvalue weighted by Crippen LogP contribution is 2.10. The molecule has 6 heteroatoms. The van der Waals surface area contributed by atoms with Gasteiger partial charge in [0.1, 0.15) is 0 Å². The number of rotatable bonds is 6. The van der Waals surface area contributed by atoms with E-state index in [1.165, 1.54) is 0 Å². The van der Waals surface area contributed by atoms with Crippen molar-refractivity contribution in [3.8, 4) is 0 Å². The highest BCUT2D eigenvalue weighted by molar-refractivity contribution is 7.89. The van der Waals surface area contributed by atoms with Gasteiger partial charge in [-0.15, -0.1) is 12.4 Å². The van der Waals surface area contributed by atoms with Crippen molar-refractivity contribution in [2.45, 2.75) is 18.2 Å². The Kier molecular flexibility index (Phi) is 7.38. The number of aryl methyl sites for hydroxylation is 1. The summed E-state index contributed by atoms with van der Waals surface area (Å²) in [7, 11) is -1.57. The molecule has 4 nitrogen and oxygen atoms in total. The van der Waals surface area contributed by atoms with Gasteiger partial charge >= 0.3 is 0 Å². The maximum Gasteiger partial charge on any atom is 0.240 e. The molecule has 0 aliphatic carbocycles. The molecule has 1 rings (SSSR count). The molecule has 17 heavy (non-hydrogen) atoms. The molecule has 0 saturated carbocycles. The third-order valence-corrected chi connectivity index (χ3v) is 3.79. The monoisotopic (exact) mass is 278 g/mol. The van der Waals surface area contributed by atoms with Crippen molar-refractivity contribution in [1.29, 1.82) is 0 Å². The smallest absolute Gasteiger partial charge is 0.240 e. The summed E-state index contributed by atoms with van der Waals surface area (Å²) in [4.78, 5) is 0.320. The van der Waals surface area contributed by atoms with E-state index < -0.39 is 10.0 Å². The highest BCUT2D eigenvalue weighted by Gasteiger charge is 2.12. The van der Waals surface area contributed by atoms with Crippen molar-refractivity contribution in [3.05, 3.63) is 29.8 Å². The Hall–Kier alpha value is -0.620. The van der Waals surface area contributed by atoms with E-state index in [0.29, 0.717) is 18.0 Å². The normalized spacial score (nSPS) is 10.9. The Morgan fingerprint density at radius 2 is 1.71 bits per heavy atom. The standard InChI is InChI=1S/C11H18N2O2S.ClH/c1-3-10-4-6-11(7-5-10)16(14,15)13-9-8-12-2;/h4-7,12-13H,3,8-9H2,1-2H3;1H. The summed E-state index contributed by atoms with van der Waals surface area (Å²) >= 11 is 0. The molecule has 0 bridgehead atoms. The van der Waals surface area contributed by atoms with Crippen molar-refractivity contribution >= 4 is 22.4 Å². The van der Waals surface area contributed by atoms with Crippen LogP contribution < -0.4 is 10.0 Å². The lowest BCUT2D eigenvalue weighted by Gasteiger charge is -2.06. The number of sulfonamides is 1. The van der Waals surface area contributed by atoms with E-state index in [1.807, 2.05) is 19.1 Å². The summed E-state index contributed by atoms with van der Waals surface area (Å²) in [6, 6.07) is 6.96. The molecular formula is C11H19ClN2O2S. The molecule has 0 saturated heterocycles. The number of nitrogens with one attached hydrogen (secondary N) is 2. The molecule has 0 fully saturated rings. The molecule has 0 atom stereocenters. The van der Waals surface area contributed by atoms with Crippen LogP contribution in [0.15, 0.2) is 29.2 Å². The molecule has 1 aromatic carbocycles. The summed E-state index contributed by atoms with van der Waals surface area (Å²) in [5.41, 5.74) is 1.13. The first kappa shape index (κ1) is 16.4. The van der Waals surface area contributed by atoms with E-state index >= 15 is 0 Å². The summed E-state index contributed by atoms with van der Waals surface area (Å²) in [5, 5.41) is 2.88. The fraction of sp³-hybridized carbons (Fsp3) is 0.455. The van der Waals surface area contributed by atoms with E-state index in [-0.39, 0.29) is 12.4 Å². The van der Waals surface area contributed by atoms with Gasteiger partial charge in [0.2, 0.25) is 10.0 Å². The lowest BCUT2D eigenvalue weighted by atomic mass is 10.2. The zero-order chi connectivity index (χ0) is 12.0. The van der Waals surface area contributed by atoms with Crippen LogP contribution in [0.4, 0.5) is 0 Å². The fourth-order valence-corrected chi connectivity index (χ4v) is 2.33. The van der Waals surface area contributed by atoms with E-state index in [1.54, 1.807) is 19.2 Å². The number of hydrogen-bond acceptors (Lipinski definition) is 3. The molecule has 2 N–H and O–H groups in total. The Balaban J connectivity index is 0.00000256. The number of hydrogen-bond donors (Lipinski definition) is 2. The Morgan fingerprint density at radius 3 is 2.18 bits per heavy atom. The van der Waals surface area contributed by atoms with Gasteiger partial charge in [-0.25, -0.2) is 13.1 Å². The average Bonchev–Trinajstić information content (AvgIpc) is 2.29. The minimum Gasteiger partial charge on any atom is -0.318 e. The SMILES string of the molecule is CCc1ccc(S(=O)(=O)NCCNC)cc1.Cl. The summed E-state index contributed by atoms with van der Waals surface area (Å²) in [6.07, 6.45) is 0.910. The molecule has 0 aromatic heterocycles. The molecule has 0 heterocycles. The topological polar surface area (TPSA) is 58.2 Å². The van der Waals surface area contributed by atoms with Gasteiger partial charge < -0.3 is 5.32 Å². The van der Waals surface area contributed by atoms with Gasteiger partial charge in [0.05, 0.1) is 4.90 Å². The lowest BCUT2D eigenvalue weighted by Crippen LogP contribution is -2.30. The van der Waals surface area contributed by atoms with E-state index in [0.717, 1.165) is 12.0 Å². The highest BCUT2D eigenvalue weighted by atomic mass is 35.5. The second-order valence-electron chi connectivity index (χ2n) is 3.50. The largest absolute Gasteiger partial charge is 0.318 e. The Morgan fingerprint density at radius 1 is 1.12 bits per heavy atom. The van der Waals surface area contributed by atoms with Crippen LogP contribution in [0.5, 0.6) is 0 Å². The van der Waals surface area contributed by atoms with Crippen molar-refractivity contribution < 1.29 is 8.42 Å². The van der Waals surface area contributed by atoms with Gasteiger partial charge in [0, 0.05) is 13.1 Å². The van der Waals surface area contributed by atoms with Crippen LogP contribution in [-0.4, -0.2) is 28.6 Å². The van der Waals surface area contributed by atoms with Crippen LogP contribution in [0.3, 0.4) is 0 Å². The van der Waals surface area contributed by atoms with Crippen LogP contribution in [0.2, 0.25) is 0 Å². The summed E-state index contributed by atoms with van der Waals surface area (Å²) in [6.45, 7) is 3.05. The predicted molar refractivity (Wildman–Crippen MR) is 72.2 cm³/mol. The van der Waals surface area contributed by atoms with Crippen LogP contribution in [-0.2, 0) is 16.4 Å². The van der Waals surface area contributed by atoms with Crippen molar-refractivity contribution in [1.82, 2.24) is 10.0 Å². The minimum atomic E-state index is -3.35. The molecular weight excluding hydrogens is 260 g/mol. The number of likely N-dealkylation sites (N-methyl/N-ethyl adjacent to an activating group) is 1. The second-order valence-corrected chi connectivity index (χ2v) is 5.27. The number of benzene rings is 1. The van der Waals surface area contributed by atoms with E-state index in [4.69, 9.17) is 0 Å².